The Morgan fingerprint density at radius 2 is 2.11 bits per heavy atom. The number of amides is 1. The van der Waals surface area contributed by atoms with E-state index in [1.807, 2.05) is 0 Å². The smallest absolute Gasteiger partial charge is 0.257 e. The van der Waals surface area contributed by atoms with E-state index in [1.54, 1.807) is 0 Å². The number of ether oxygens (including phenoxy) is 1. The average molecular weight is 274 g/mol. The first-order valence-electron chi connectivity index (χ1n) is 5.46. The third-order valence-electron chi connectivity index (χ3n) is 2.42. The molecule has 0 saturated heterocycles. The molecule has 0 aromatic heterocycles. The van der Waals surface area contributed by atoms with Crippen LogP contribution in [0, 0.1) is 0 Å². The van der Waals surface area contributed by atoms with Crippen LogP contribution in [0.4, 0.5) is 0 Å². The third-order valence-corrected chi connectivity index (χ3v) is 2.59. The highest BCUT2D eigenvalue weighted by Crippen LogP contribution is 2.23. The first kappa shape index (κ1) is 14.6. The Morgan fingerprint density at radius 3 is 2.72 bits per heavy atom. The van der Waals surface area contributed by atoms with Crippen molar-refractivity contribution in [2.24, 2.45) is 0 Å². The average Bonchev–Trinajstić information content (AvgIpc) is 2.36. The minimum absolute atomic E-state index is 0.0521. The molecule has 0 atom stereocenters. The highest BCUT2D eigenvalue weighted by Gasteiger charge is 2.18. The van der Waals surface area contributed by atoms with E-state index in [-0.39, 0.29) is 28.8 Å². The van der Waals surface area contributed by atoms with E-state index >= 15 is 0 Å². The molecule has 0 aliphatic carbocycles. The van der Waals surface area contributed by atoms with Crippen LogP contribution in [0.3, 0.4) is 0 Å². The summed E-state index contributed by atoms with van der Waals surface area (Å²) >= 11 is 5.63. The van der Waals surface area contributed by atoms with E-state index in [1.165, 1.54) is 30.2 Å². The van der Waals surface area contributed by atoms with Crippen LogP contribution in [0.1, 0.15) is 10.4 Å². The van der Waals surface area contributed by atoms with Gasteiger partial charge in [0.1, 0.15) is 11.5 Å². The normalized spacial score (nSPS) is 10.3. The van der Waals surface area contributed by atoms with Gasteiger partial charge in [-0.05, 0) is 18.2 Å². The molecule has 0 heterocycles. The molecule has 0 bridgehead atoms. The second kappa shape index (κ2) is 7.08. The number of carbonyl (C=O) groups excluding carboxylic acids is 1. The molecule has 1 aromatic carbocycles. The molecule has 18 heavy (non-hydrogen) atoms. The van der Waals surface area contributed by atoms with Gasteiger partial charge in [0.05, 0.1) is 12.2 Å². The van der Waals surface area contributed by atoms with Gasteiger partial charge in [-0.25, -0.2) is 0 Å². The molecule has 0 radical (unpaired) electrons. The number of nitrogens with zero attached hydrogens (tertiary/aromatic N) is 1. The lowest BCUT2D eigenvalue weighted by Gasteiger charge is -2.21. The lowest BCUT2D eigenvalue weighted by molar-refractivity contribution is 0.0704. The molecule has 100 valence electrons. The minimum Gasteiger partial charge on any atom is -0.508 e. The number of hydrogen-bond donors (Lipinski definition) is 2. The quantitative estimate of drug-likeness (QED) is 0.608. The number of hydrogen-bond acceptors (Lipinski definition) is 4. The maximum atomic E-state index is 12.2. The molecule has 1 amide bonds. The second-order valence-corrected chi connectivity index (χ2v) is 4.05. The fourth-order valence-corrected chi connectivity index (χ4v) is 1.69. The zero-order valence-corrected chi connectivity index (χ0v) is 10.9. The Balaban J connectivity index is 2.90. The van der Waals surface area contributed by atoms with Gasteiger partial charge < -0.3 is 19.8 Å². The Morgan fingerprint density at radius 1 is 1.39 bits per heavy atom. The Kier molecular flexibility index (Phi) is 5.74. The Bertz CT molecular complexity index is 411. The second-order valence-electron chi connectivity index (χ2n) is 3.68. The van der Waals surface area contributed by atoms with Crippen molar-refractivity contribution in [3.8, 4) is 11.5 Å². The molecular formula is C12H16ClNO4. The van der Waals surface area contributed by atoms with Crippen LogP contribution in [0.15, 0.2) is 18.2 Å². The SMILES string of the molecule is COCCN(CCCl)C(=O)c1cc(O)ccc1O. The molecule has 6 heteroatoms. The fourth-order valence-electron chi connectivity index (χ4n) is 1.48. The summed E-state index contributed by atoms with van der Waals surface area (Å²) in [4.78, 5) is 13.6. The van der Waals surface area contributed by atoms with Crippen LogP contribution < -0.4 is 0 Å². The molecule has 2 N–H and O–H groups in total. The van der Waals surface area contributed by atoms with Gasteiger partial charge >= 0.3 is 0 Å². The van der Waals surface area contributed by atoms with Crippen molar-refractivity contribution in [3.63, 3.8) is 0 Å². The van der Waals surface area contributed by atoms with Gasteiger partial charge in [-0.2, -0.15) is 0 Å². The zero-order valence-electron chi connectivity index (χ0n) is 10.1. The van der Waals surface area contributed by atoms with Gasteiger partial charge in [0.2, 0.25) is 0 Å². The van der Waals surface area contributed by atoms with Crippen LogP contribution in [-0.2, 0) is 4.74 Å². The summed E-state index contributed by atoms with van der Waals surface area (Å²) < 4.78 is 4.91. The summed E-state index contributed by atoms with van der Waals surface area (Å²) in [5.74, 6) is -0.348. The van der Waals surface area contributed by atoms with Crippen LogP contribution in [0.25, 0.3) is 0 Å². The maximum absolute atomic E-state index is 12.2. The molecule has 0 spiro atoms. The van der Waals surface area contributed by atoms with Crippen molar-refractivity contribution >= 4 is 17.5 Å². The number of phenolic OH excluding ortho intramolecular Hbond substituents is 2. The molecular weight excluding hydrogens is 258 g/mol. The predicted molar refractivity (Wildman–Crippen MR) is 68.3 cm³/mol. The van der Waals surface area contributed by atoms with Gasteiger partial charge in [0.25, 0.3) is 5.91 Å². The summed E-state index contributed by atoms with van der Waals surface area (Å²) in [5.41, 5.74) is 0.0521. The van der Waals surface area contributed by atoms with Gasteiger partial charge in [-0.1, -0.05) is 0 Å². The van der Waals surface area contributed by atoms with E-state index in [0.29, 0.717) is 19.7 Å². The lowest BCUT2D eigenvalue weighted by Crippen LogP contribution is -2.35. The summed E-state index contributed by atoms with van der Waals surface area (Å²) in [5, 5.41) is 19.0. The topological polar surface area (TPSA) is 70.0 Å². The minimum atomic E-state index is -0.388. The molecule has 0 saturated carbocycles. The molecule has 5 nitrogen and oxygen atoms in total. The van der Waals surface area contributed by atoms with Gasteiger partial charge in [0, 0.05) is 26.1 Å². The molecule has 0 fully saturated rings. The van der Waals surface area contributed by atoms with E-state index in [4.69, 9.17) is 16.3 Å². The van der Waals surface area contributed by atoms with Crippen molar-refractivity contribution in [2.45, 2.75) is 0 Å². The number of carbonyl (C=O) groups is 1. The third kappa shape index (κ3) is 3.78. The van der Waals surface area contributed by atoms with Crippen LogP contribution in [0.2, 0.25) is 0 Å². The van der Waals surface area contributed by atoms with E-state index in [2.05, 4.69) is 0 Å². The molecule has 1 rings (SSSR count). The monoisotopic (exact) mass is 273 g/mol. The van der Waals surface area contributed by atoms with Crippen molar-refractivity contribution < 1.29 is 19.7 Å². The lowest BCUT2D eigenvalue weighted by atomic mass is 10.1. The standard InChI is InChI=1S/C12H16ClNO4/c1-18-7-6-14(5-4-13)12(17)10-8-9(15)2-3-11(10)16/h2-3,8,15-16H,4-7H2,1H3. The first-order chi connectivity index (χ1) is 8.60. The van der Waals surface area contributed by atoms with Crippen molar-refractivity contribution in [2.75, 3.05) is 32.7 Å². The van der Waals surface area contributed by atoms with Gasteiger partial charge in [-0.3, -0.25) is 4.79 Å². The number of phenols is 2. The summed E-state index contributed by atoms with van der Waals surface area (Å²) in [6.45, 7) is 1.10. The van der Waals surface area contributed by atoms with Crippen molar-refractivity contribution in [1.29, 1.82) is 0 Å². The summed E-state index contributed by atoms with van der Waals surface area (Å²) in [7, 11) is 1.54. The van der Waals surface area contributed by atoms with E-state index in [9.17, 15) is 15.0 Å². The summed E-state index contributed by atoms with van der Waals surface area (Å²) in [6.07, 6.45) is 0. The number of halogens is 1. The Labute approximate surface area is 111 Å². The number of methoxy groups -OCH3 is 1. The fraction of sp³-hybridized carbons (Fsp3) is 0.417. The Hall–Kier alpha value is -1.46. The van der Waals surface area contributed by atoms with Crippen molar-refractivity contribution in [1.82, 2.24) is 4.90 Å². The highest BCUT2D eigenvalue weighted by molar-refractivity contribution is 6.18. The number of benzene rings is 1. The maximum Gasteiger partial charge on any atom is 0.257 e. The first-order valence-corrected chi connectivity index (χ1v) is 5.99. The molecule has 0 aliphatic heterocycles. The number of alkyl halides is 1. The zero-order chi connectivity index (χ0) is 13.5. The van der Waals surface area contributed by atoms with Crippen LogP contribution in [-0.4, -0.2) is 53.7 Å². The molecule has 0 unspecified atom stereocenters. The highest BCUT2D eigenvalue weighted by atomic mass is 35.5. The van der Waals surface area contributed by atoms with Crippen LogP contribution >= 0.6 is 11.6 Å². The molecule has 0 aliphatic rings. The van der Waals surface area contributed by atoms with E-state index < -0.39 is 0 Å². The van der Waals surface area contributed by atoms with Crippen LogP contribution in [0.5, 0.6) is 11.5 Å². The number of rotatable bonds is 6. The van der Waals surface area contributed by atoms with Gasteiger partial charge in [-0.15, -0.1) is 11.6 Å². The van der Waals surface area contributed by atoms with Gasteiger partial charge in [0.15, 0.2) is 0 Å². The van der Waals surface area contributed by atoms with E-state index in [0.717, 1.165) is 0 Å². The predicted octanol–water partition coefficient (Wildman–Crippen LogP) is 1.43. The number of aromatic hydroxyl groups is 2. The summed E-state index contributed by atoms with van der Waals surface area (Å²) in [6, 6.07) is 3.82. The van der Waals surface area contributed by atoms with Crippen molar-refractivity contribution in [3.05, 3.63) is 23.8 Å². The largest absolute Gasteiger partial charge is 0.508 e. The molecule has 1 aromatic rings.